The predicted molar refractivity (Wildman–Crippen MR) is 132 cm³/mol. The number of aryl methyl sites for hydroxylation is 1. The summed E-state index contributed by atoms with van der Waals surface area (Å²) in [5, 5.41) is 10.8. The number of hydrogen-bond donors (Lipinski definition) is 1. The highest BCUT2D eigenvalue weighted by molar-refractivity contribution is 6.21. The van der Waals surface area contributed by atoms with Crippen molar-refractivity contribution >= 4 is 11.5 Å². The Bertz CT molecular complexity index is 1240. The first kappa shape index (κ1) is 21.9. The zero-order chi connectivity index (χ0) is 23.4. The first-order valence-corrected chi connectivity index (χ1v) is 11.0. The van der Waals surface area contributed by atoms with Gasteiger partial charge in [-0.2, -0.15) is 0 Å². The van der Waals surface area contributed by atoms with Gasteiger partial charge in [-0.15, -0.1) is 0 Å². The van der Waals surface area contributed by atoms with Crippen molar-refractivity contribution in [3.05, 3.63) is 112 Å². The van der Waals surface area contributed by atoms with Gasteiger partial charge in [-0.25, -0.2) is 0 Å². The summed E-state index contributed by atoms with van der Waals surface area (Å²) in [7, 11) is 2.00. The van der Waals surface area contributed by atoms with Crippen molar-refractivity contribution in [3.8, 4) is 0 Å². The van der Waals surface area contributed by atoms with Gasteiger partial charge in [0.1, 0.15) is 5.76 Å². The fraction of sp³-hybridized carbons (Fsp3) is 0.276. The molecule has 0 fully saturated rings. The highest BCUT2D eigenvalue weighted by atomic mass is 16.3. The molecule has 0 unspecified atom stereocenters. The number of allylic oxidation sites excluding steroid dienone is 6. The molecule has 0 aromatic heterocycles. The minimum atomic E-state index is -0.359. The van der Waals surface area contributed by atoms with E-state index in [-0.39, 0.29) is 22.4 Å². The van der Waals surface area contributed by atoms with Gasteiger partial charge < -0.3 is 10.0 Å². The van der Waals surface area contributed by atoms with Crippen LogP contribution in [0.4, 0.5) is 5.69 Å². The number of ketones is 1. The second-order valence-corrected chi connectivity index (χ2v) is 9.85. The molecule has 0 amide bonds. The lowest BCUT2D eigenvalue weighted by Gasteiger charge is -2.30. The smallest absolute Gasteiger partial charge is 0.200 e. The van der Waals surface area contributed by atoms with E-state index in [1.165, 1.54) is 11.1 Å². The normalized spacial score (nSPS) is 20.1. The van der Waals surface area contributed by atoms with Crippen molar-refractivity contribution in [2.75, 3.05) is 11.9 Å². The average Bonchev–Trinajstić information content (AvgIpc) is 2.95. The van der Waals surface area contributed by atoms with Gasteiger partial charge in [0.15, 0.2) is 0 Å². The minimum absolute atomic E-state index is 0.0457. The van der Waals surface area contributed by atoms with Crippen LogP contribution < -0.4 is 4.90 Å². The van der Waals surface area contributed by atoms with Crippen LogP contribution in [0.5, 0.6) is 0 Å². The van der Waals surface area contributed by atoms with Crippen LogP contribution in [-0.2, 0) is 15.6 Å². The van der Waals surface area contributed by atoms with Crippen LogP contribution in [-0.4, -0.2) is 17.9 Å². The molecular formula is C29H31NO2. The summed E-state index contributed by atoms with van der Waals surface area (Å²) in [6.45, 7) is 14.8. The minimum Gasteiger partial charge on any atom is -0.506 e. The number of fused-ring (bicyclic) bond motifs is 1. The first-order chi connectivity index (χ1) is 15.0. The summed E-state index contributed by atoms with van der Waals surface area (Å²) in [6, 6.07) is 16.4. The Morgan fingerprint density at radius 1 is 1.09 bits per heavy atom. The Hall–Kier alpha value is -3.33. The molecule has 0 bridgehead atoms. The van der Waals surface area contributed by atoms with Crippen LogP contribution in [0, 0.1) is 6.92 Å². The van der Waals surface area contributed by atoms with Gasteiger partial charge in [-0.05, 0) is 47.4 Å². The number of carbonyl (C=O) groups excluding carboxylic acids is 1. The second kappa shape index (κ2) is 7.37. The molecule has 1 heterocycles. The van der Waals surface area contributed by atoms with Crippen LogP contribution in [0.2, 0.25) is 0 Å². The van der Waals surface area contributed by atoms with Crippen LogP contribution in [0.1, 0.15) is 44.4 Å². The summed E-state index contributed by atoms with van der Waals surface area (Å²) in [6.07, 6.45) is 3.58. The Kier molecular flexibility index (Phi) is 5.04. The lowest BCUT2D eigenvalue weighted by molar-refractivity contribution is -0.113. The second-order valence-electron chi connectivity index (χ2n) is 9.85. The van der Waals surface area contributed by atoms with Gasteiger partial charge in [-0.1, -0.05) is 76.7 Å². The third-order valence-corrected chi connectivity index (χ3v) is 7.16. The number of nitrogens with zero attached hydrogens (tertiary/aromatic N) is 1. The molecule has 32 heavy (non-hydrogen) atoms. The van der Waals surface area contributed by atoms with E-state index in [1.807, 2.05) is 37.4 Å². The molecular weight excluding hydrogens is 394 g/mol. The number of benzene rings is 2. The third kappa shape index (κ3) is 3.15. The fourth-order valence-electron chi connectivity index (χ4n) is 4.91. The van der Waals surface area contributed by atoms with Crippen molar-refractivity contribution in [2.45, 2.75) is 45.4 Å². The zero-order valence-corrected chi connectivity index (χ0v) is 19.8. The van der Waals surface area contributed by atoms with Gasteiger partial charge in [0.25, 0.3) is 0 Å². The summed E-state index contributed by atoms with van der Waals surface area (Å²) in [5.41, 5.74) is 6.53. The number of likely N-dealkylation sites (N-methyl/N-ethyl adjacent to an activating group) is 1. The summed E-state index contributed by atoms with van der Waals surface area (Å²) in [4.78, 5) is 15.1. The predicted octanol–water partition coefficient (Wildman–Crippen LogP) is 6.46. The highest BCUT2D eigenvalue weighted by Crippen LogP contribution is 2.48. The SMILES string of the molecule is C=C(/C=C1/C(=O)C(/C=C2/N(C)c3ccccc3C2(C)C)=C1O)C(C)(C)c1ccccc1C. The third-order valence-electron chi connectivity index (χ3n) is 7.16. The van der Waals surface area contributed by atoms with Crippen LogP contribution in [0.25, 0.3) is 0 Å². The molecule has 1 aliphatic heterocycles. The first-order valence-electron chi connectivity index (χ1n) is 11.0. The number of aliphatic hydroxyl groups excluding tert-OH is 1. The summed E-state index contributed by atoms with van der Waals surface area (Å²) in [5.74, 6) is -0.0960. The molecule has 4 rings (SSSR count). The summed E-state index contributed by atoms with van der Waals surface area (Å²) >= 11 is 0. The van der Waals surface area contributed by atoms with Gasteiger partial charge in [-0.3, -0.25) is 4.79 Å². The topological polar surface area (TPSA) is 40.5 Å². The summed E-state index contributed by atoms with van der Waals surface area (Å²) < 4.78 is 0. The fourth-order valence-corrected chi connectivity index (χ4v) is 4.91. The number of aliphatic hydroxyl groups is 1. The van der Waals surface area contributed by atoms with E-state index < -0.39 is 0 Å². The van der Waals surface area contributed by atoms with E-state index in [4.69, 9.17) is 0 Å². The quantitative estimate of drug-likeness (QED) is 0.571. The van der Waals surface area contributed by atoms with Crippen LogP contribution in [0.15, 0.2) is 95.4 Å². The van der Waals surface area contributed by atoms with E-state index in [1.54, 1.807) is 6.08 Å². The molecule has 3 nitrogen and oxygen atoms in total. The number of anilines is 1. The molecule has 2 aromatic carbocycles. The number of rotatable bonds is 4. The Balaban J connectivity index is 1.68. The molecule has 2 aromatic rings. The van der Waals surface area contributed by atoms with Gasteiger partial charge in [0.05, 0.1) is 11.1 Å². The molecule has 0 spiro atoms. The number of Topliss-reactive ketones (excluding diaryl/α,β-unsaturated/α-hetero) is 1. The number of hydrogen-bond acceptors (Lipinski definition) is 3. The zero-order valence-electron chi connectivity index (χ0n) is 19.8. The lowest BCUT2D eigenvalue weighted by atomic mass is 9.74. The molecule has 2 aliphatic rings. The lowest BCUT2D eigenvalue weighted by Crippen LogP contribution is -2.28. The monoisotopic (exact) mass is 425 g/mol. The van der Waals surface area contributed by atoms with E-state index >= 15 is 0 Å². The molecule has 0 saturated heterocycles. The van der Waals surface area contributed by atoms with Gasteiger partial charge >= 0.3 is 0 Å². The maximum absolute atomic E-state index is 13.0. The van der Waals surface area contributed by atoms with Gasteiger partial charge in [0, 0.05) is 29.3 Å². The van der Waals surface area contributed by atoms with Crippen molar-refractivity contribution in [3.63, 3.8) is 0 Å². The van der Waals surface area contributed by atoms with E-state index in [0.717, 1.165) is 22.5 Å². The molecule has 0 saturated carbocycles. The van der Waals surface area contributed by atoms with Crippen molar-refractivity contribution in [2.24, 2.45) is 0 Å². The van der Waals surface area contributed by atoms with Crippen molar-refractivity contribution in [1.29, 1.82) is 0 Å². The van der Waals surface area contributed by atoms with E-state index in [2.05, 4.69) is 70.4 Å². The molecule has 0 radical (unpaired) electrons. The maximum Gasteiger partial charge on any atom is 0.200 e. The average molecular weight is 426 g/mol. The van der Waals surface area contributed by atoms with Gasteiger partial charge in [0.2, 0.25) is 5.78 Å². The van der Waals surface area contributed by atoms with Crippen molar-refractivity contribution in [1.82, 2.24) is 0 Å². The Morgan fingerprint density at radius 3 is 2.34 bits per heavy atom. The molecule has 3 heteroatoms. The molecule has 1 N–H and O–H groups in total. The molecule has 164 valence electrons. The van der Waals surface area contributed by atoms with E-state index in [0.29, 0.717) is 11.1 Å². The van der Waals surface area contributed by atoms with Crippen molar-refractivity contribution < 1.29 is 9.90 Å². The van der Waals surface area contributed by atoms with Crippen LogP contribution >= 0.6 is 0 Å². The standard InChI is InChI=1S/C29H31NO2/c1-18-12-8-9-13-22(18)28(3,4)19(2)16-20-26(31)21(27(20)32)17-25-29(5,6)23-14-10-11-15-24(23)30(25)7/h8-17,31H,2H2,1,3-7H3/b20-16+,25-17+. The maximum atomic E-state index is 13.0. The Morgan fingerprint density at radius 2 is 1.72 bits per heavy atom. The largest absolute Gasteiger partial charge is 0.506 e. The Labute approximate surface area is 191 Å². The van der Waals surface area contributed by atoms with Crippen LogP contribution in [0.3, 0.4) is 0 Å². The van der Waals surface area contributed by atoms with E-state index in [9.17, 15) is 9.90 Å². The number of carbonyl (C=O) groups is 1. The molecule has 1 aliphatic carbocycles. The molecule has 0 atom stereocenters. The number of para-hydroxylation sites is 1. The highest BCUT2D eigenvalue weighted by Gasteiger charge is 2.41.